The maximum absolute atomic E-state index is 5.44. The first kappa shape index (κ1) is 8.06. The number of ether oxygens (including phenoxy) is 1. The van der Waals surface area contributed by atoms with Crippen molar-refractivity contribution in [1.29, 1.82) is 0 Å². The van der Waals surface area contributed by atoms with Gasteiger partial charge in [-0.1, -0.05) is 20.8 Å². The van der Waals surface area contributed by atoms with Crippen LogP contribution in [0.2, 0.25) is 0 Å². The van der Waals surface area contributed by atoms with Gasteiger partial charge in [0.15, 0.2) is 0 Å². The molecular formula is C9H18O. The second kappa shape index (κ2) is 2.91. The zero-order valence-corrected chi connectivity index (χ0v) is 7.31. The molecule has 1 heteroatoms. The number of hydrogen-bond acceptors (Lipinski definition) is 1. The van der Waals surface area contributed by atoms with Crippen LogP contribution in [0.5, 0.6) is 0 Å². The molecule has 1 rings (SSSR count). The highest BCUT2D eigenvalue weighted by atomic mass is 16.5. The molecule has 0 aromatic heterocycles. The van der Waals surface area contributed by atoms with Gasteiger partial charge in [-0.15, -0.1) is 0 Å². The molecule has 1 aliphatic heterocycles. The molecule has 0 N–H and O–H groups in total. The fourth-order valence-corrected chi connectivity index (χ4v) is 1.74. The highest BCUT2D eigenvalue weighted by Crippen LogP contribution is 2.31. The first-order chi connectivity index (χ1) is 4.60. The predicted octanol–water partition coefficient (Wildman–Crippen LogP) is 2.46. The molecule has 0 bridgehead atoms. The highest BCUT2D eigenvalue weighted by molar-refractivity contribution is 4.73. The van der Waals surface area contributed by atoms with Gasteiger partial charge < -0.3 is 4.74 Å². The van der Waals surface area contributed by atoms with Crippen molar-refractivity contribution in [1.82, 2.24) is 0 Å². The summed E-state index contributed by atoms with van der Waals surface area (Å²) in [5.41, 5.74) is 0.510. The quantitative estimate of drug-likeness (QED) is 0.505. The van der Waals surface area contributed by atoms with Gasteiger partial charge in [0.05, 0.1) is 0 Å². The van der Waals surface area contributed by atoms with Gasteiger partial charge in [0, 0.05) is 13.2 Å². The van der Waals surface area contributed by atoms with Crippen molar-refractivity contribution in [2.75, 3.05) is 13.2 Å². The molecule has 0 aromatic carbocycles. The van der Waals surface area contributed by atoms with Crippen molar-refractivity contribution in [3.05, 3.63) is 0 Å². The smallest absolute Gasteiger partial charge is 0.0491 e. The number of hydrogen-bond donors (Lipinski definition) is 0. The molecule has 1 heterocycles. The van der Waals surface area contributed by atoms with E-state index in [1.54, 1.807) is 0 Å². The minimum Gasteiger partial charge on any atom is -0.381 e. The lowest BCUT2D eigenvalue weighted by Crippen LogP contribution is -2.14. The van der Waals surface area contributed by atoms with E-state index in [4.69, 9.17) is 4.74 Å². The lowest BCUT2D eigenvalue weighted by Gasteiger charge is -2.23. The lowest BCUT2D eigenvalue weighted by molar-refractivity contribution is 0.119. The molecule has 10 heavy (non-hydrogen) atoms. The van der Waals surface area contributed by atoms with E-state index < -0.39 is 0 Å². The minimum atomic E-state index is 0.510. The maximum Gasteiger partial charge on any atom is 0.0491 e. The Hall–Kier alpha value is -0.0400. The number of rotatable bonds is 0. The van der Waals surface area contributed by atoms with Crippen LogP contribution in [-0.4, -0.2) is 13.2 Å². The van der Waals surface area contributed by atoms with Gasteiger partial charge in [0.2, 0.25) is 0 Å². The molecule has 0 spiro atoms. The molecule has 0 aromatic rings. The Morgan fingerprint density at radius 1 is 1.40 bits per heavy atom. The Bertz CT molecular complexity index is 107. The molecule has 1 atom stereocenters. The van der Waals surface area contributed by atoms with E-state index in [2.05, 4.69) is 20.8 Å². The molecular weight excluding hydrogens is 124 g/mol. The maximum atomic E-state index is 5.44. The Kier molecular flexibility index (Phi) is 2.35. The summed E-state index contributed by atoms with van der Waals surface area (Å²) in [6.45, 7) is 8.85. The Morgan fingerprint density at radius 3 is 2.80 bits per heavy atom. The summed E-state index contributed by atoms with van der Waals surface area (Å²) >= 11 is 0. The van der Waals surface area contributed by atoms with Crippen LogP contribution in [0.25, 0.3) is 0 Å². The molecule has 1 saturated heterocycles. The van der Waals surface area contributed by atoms with Gasteiger partial charge in [0.1, 0.15) is 0 Å². The molecule has 1 fully saturated rings. The van der Waals surface area contributed by atoms with Gasteiger partial charge >= 0.3 is 0 Å². The second-order valence-electron chi connectivity index (χ2n) is 4.30. The van der Waals surface area contributed by atoms with E-state index in [1.165, 1.54) is 12.8 Å². The summed E-state index contributed by atoms with van der Waals surface area (Å²) in [5, 5.41) is 0. The van der Waals surface area contributed by atoms with Gasteiger partial charge in [-0.05, 0) is 24.2 Å². The van der Waals surface area contributed by atoms with E-state index in [0.29, 0.717) is 5.41 Å². The van der Waals surface area contributed by atoms with Crippen molar-refractivity contribution < 1.29 is 4.74 Å². The van der Waals surface area contributed by atoms with Crippen LogP contribution < -0.4 is 0 Å². The minimum absolute atomic E-state index is 0.510. The fraction of sp³-hybridized carbons (Fsp3) is 1.00. The Labute approximate surface area is 63.8 Å². The first-order valence-electron chi connectivity index (χ1n) is 4.18. The molecule has 1 aliphatic rings. The van der Waals surface area contributed by atoms with Crippen molar-refractivity contribution >= 4 is 0 Å². The zero-order chi connectivity index (χ0) is 7.61. The average molecular weight is 142 g/mol. The van der Waals surface area contributed by atoms with Crippen molar-refractivity contribution in [2.45, 2.75) is 33.6 Å². The normalized spacial score (nSPS) is 33.3. The monoisotopic (exact) mass is 142 g/mol. The third kappa shape index (κ3) is 2.30. The molecule has 60 valence electrons. The topological polar surface area (TPSA) is 9.23 Å². The van der Waals surface area contributed by atoms with Crippen molar-refractivity contribution in [3.8, 4) is 0 Å². The van der Waals surface area contributed by atoms with E-state index >= 15 is 0 Å². The average Bonchev–Trinajstić information content (AvgIpc) is 1.90. The second-order valence-corrected chi connectivity index (χ2v) is 4.30. The highest BCUT2D eigenvalue weighted by Gasteiger charge is 2.23. The lowest BCUT2D eigenvalue weighted by atomic mass is 9.82. The molecule has 0 radical (unpaired) electrons. The van der Waals surface area contributed by atoms with E-state index in [-0.39, 0.29) is 0 Å². The van der Waals surface area contributed by atoms with Crippen molar-refractivity contribution in [2.24, 2.45) is 11.3 Å². The predicted molar refractivity (Wildman–Crippen MR) is 43.0 cm³/mol. The summed E-state index contributed by atoms with van der Waals surface area (Å²) in [6.07, 6.45) is 2.53. The van der Waals surface area contributed by atoms with E-state index in [9.17, 15) is 0 Å². The Morgan fingerprint density at radius 2 is 2.10 bits per heavy atom. The molecule has 1 unspecified atom stereocenters. The summed E-state index contributed by atoms with van der Waals surface area (Å²) in [6, 6.07) is 0. The summed E-state index contributed by atoms with van der Waals surface area (Å²) in [4.78, 5) is 0. The standard InChI is InChI=1S/C9H18O/c1-8-6-9(2,3)4-5-10-7-8/h8H,4-7H2,1-3H3. The summed E-state index contributed by atoms with van der Waals surface area (Å²) in [5.74, 6) is 0.748. The third-order valence-corrected chi connectivity index (χ3v) is 2.23. The van der Waals surface area contributed by atoms with Crippen LogP contribution in [-0.2, 0) is 4.74 Å². The largest absolute Gasteiger partial charge is 0.381 e. The van der Waals surface area contributed by atoms with Gasteiger partial charge in [0.25, 0.3) is 0 Å². The molecule has 1 nitrogen and oxygen atoms in total. The van der Waals surface area contributed by atoms with Gasteiger partial charge in [-0.2, -0.15) is 0 Å². The molecule has 0 amide bonds. The van der Waals surface area contributed by atoms with Crippen LogP contribution in [0.1, 0.15) is 33.6 Å². The van der Waals surface area contributed by atoms with Crippen LogP contribution >= 0.6 is 0 Å². The van der Waals surface area contributed by atoms with Crippen LogP contribution in [0.3, 0.4) is 0 Å². The summed E-state index contributed by atoms with van der Waals surface area (Å²) < 4.78 is 5.44. The fourth-order valence-electron chi connectivity index (χ4n) is 1.74. The van der Waals surface area contributed by atoms with Crippen LogP contribution in [0.4, 0.5) is 0 Å². The Balaban J connectivity index is 2.46. The molecule has 0 saturated carbocycles. The van der Waals surface area contributed by atoms with Crippen molar-refractivity contribution in [3.63, 3.8) is 0 Å². The van der Waals surface area contributed by atoms with E-state index in [1.807, 2.05) is 0 Å². The van der Waals surface area contributed by atoms with Gasteiger partial charge in [-0.3, -0.25) is 0 Å². The SMILES string of the molecule is CC1COCCC(C)(C)C1. The van der Waals surface area contributed by atoms with Gasteiger partial charge in [-0.25, -0.2) is 0 Å². The third-order valence-electron chi connectivity index (χ3n) is 2.23. The summed E-state index contributed by atoms with van der Waals surface area (Å²) in [7, 11) is 0. The zero-order valence-electron chi connectivity index (χ0n) is 7.31. The van der Waals surface area contributed by atoms with Crippen LogP contribution in [0, 0.1) is 11.3 Å². The van der Waals surface area contributed by atoms with E-state index in [0.717, 1.165) is 19.1 Å². The molecule has 0 aliphatic carbocycles. The first-order valence-corrected chi connectivity index (χ1v) is 4.18. The van der Waals surface area contributed by atoms with Crippen LogP contribution in [0.15, 0.2) is 0 Å².